The monoisotopic (exact) mass is 411 g/mol. The van der Waals surface area contributed by atoms with Crippen molar-refractivity contribution >= 4 is 28.7 Å². The van der Waals surface area contributed by atoms with Crippen molar-refractivity contribution in [2.24, 2.45) is 0 Å². The van der Waals surface area contributed by atoms with Gasteiger partial charge >= 0.3 is 0 Å². The second-order valence-electron chi connectivity index (χ2n) is 7.01. The van der Waals surface area contributed by atoms with Crippen molar-refractivity contribution in [3.05, 3.63) is 54.1 Å². The number of aromatic nitrogens is 2. The summed E-state index contributed by atoms with van der Waals surface area (Å²) in [6.07, 6.45) is 4.82. The number of imidazole rings is 1. The molecule has 0 aliphatic carbocycles. The molecule has 29 heavy (non-hydrogen) atoms. The topological polar surface area (TPSA) is 56.2 Å². The first kappa shape index (κ1) is 21.2. The number of para-hydroxylation sites is 2. The maximum atomic E-state index is 12.3. The Labute approximate surface area is 176 Å². The van der Waals surface area contributed by atoms with Crippen molar-refractivity contribution in [3.8, 4) is 5.75 Å². The molecular formula is C23H29N3O2S. The number of amides is 1. The van der Waals surface area contributed by atoms with Crippen LogP contribution in [0.2, 0.25) is 0 Å². The molecule has 0 bridgehead atoms. The van der Waals surface area contributed by atoms with Crippen LogP contribution in [0.25, 0.3) is 11.0 Å². The second kappa shape index (κ2) is 10.9. The molecule has 3 rings (SSSR count). The highest BCUT2D eigenvalue weighted by Crippen LogP contribution is 2.25. The zero-order chi connectivity index (χ0) is 20.5. The summed E-state index contributed by atoms with van der Waals surface area (Å²) < 4.78 is 7.42. The zero-order valence-corrected chi connectivity index (χ0v) is 18.0. The van der Waals surface area contributed by atoms with Gasteiger partial charge in [-0.05, 0) is 36.2 Å². The van der Waals surface area contributed by atoms with Crippen LogP contribution in [0.1, 0.15) is 38.2 Å². The van der Waals surface area contributed by atoms with Crippen molar-refractivity contribution < 1.29 is 9.53 Å². The molecule has 1 aromatic heterocycles. The quantitative estimate of drug-likeness (QED) is 0.355. The molecule has 154 valence electrons. The van der Waals surface area contributed by atoms with Gasteiger partial charge in [-0.3, -0.25) is 4.79 Å². The number of thioether (sulfide) groups is 1. The Hall–Kier alpha value is -2.47. The number of aryl methyl sites for hydroxylation is 1. The first-order valence-corrected chi connectivity index (χ1v) is 11.2. The lowest BCUT2D eigenvalue weighted by molar-refractivity contribution is -0.118. The summed E-state index contributed by atoms with van der Waals surface area (Å²) in [6, 6.07) is 15.9. The minimum Gasteiger partial charge on any atom is -0.497 e. The smallest absolute Gasteiger partial charge is 0.230 e. The average molecular weight is 412 g/mol. The average Bonchev–Trinajstić information content (AvgIpc) is 3.11. The first-order chi connectivity index (χ1) is 14.2. The Morgan fingerprint density at radius 1 is 1.10 bits per heavy atom. The van der Waals surface area contributed by atoms with Gasteiger partial charge in [0.1, 0.15) is 5.75 Å². The number of unbranched alkanes of at least 4 members (excludes halogenated alkanes) is 3. The minimum absolute atomic E-state index is 0.00964. The number of fused-ring (bicyclic) bond motifs is 1. The van der Waals surface area contributed by atoms with Crippen molar-refractivity contribution in [3.63, 3.8) is 0 Å². The summed E-state index contributed by atoms with van der Waals surface area (Å²) >= 11 is 1.51. The van der Waals surface area contributed by atoms with E-state index in [0.29, 0.717) is 12.3 Å². The molecule has 0 aliphatic heterocycles. The molecule has 3 aromatic rings. The van der Waals surface area contributed by atoms with E-state index >= 15 is 0 Å². The fraction of sp³-hybridized carbons (Fsp3) is 0.391. The third-order valence-corrected chi connectivity index (χ3v) is 5.81. The second-order valence-corrected chi connectivity index (χ2v) is 7.95. The molecule has 0 unspecified atom stereocenters. The fourth-order valence-corrected chi connectivity index (χ4v) is 4.07. The summed E-state index contributed by atoms with van der Waals surface area (Å²) in [4.78, 5) is 17.1. The molecule has 0 saturated carbocycles. The molecule has 0 radical (unpaired) electrons. The van der Waals surface area contributed by atoms with Crippen LogP contribution in [0.5, 0.6) is 5.75 Å². The SMILES string of the molecule is CCCCCCn1c(SCC(=O)NCc2ccc(OC)cc2)nc2ccccc21. The van der Waals surface area contributed by atoms with Gasteiger partial charge in [-0.25, -0.2) is 4.98 Å². The molecule has 6 heteroatoms. The molecule has 2 aromatic carbocycles. The summed E-state index contributed by atoms with van der Waals surface area (Å²) in [6.45, 7) is 3.67. The number of methoxy groups -OCH3 is 1. The van der Waals surface area contributed by atoms with E-state index in [9.17, 15) is 4.79 Å². The Bertz CT molecular complexity index is 922. The number of rotatable bonds is 11. The standard InChI is InChI=1S/C23H29N3O2S/c1-3-4-5-8-15-26-21-10-7-6-9-20(21)25-23(26)29-17-22(27)24-16-18-11-13-19(28-2)14-12-18/h6-7,9-14H,3-5,8,15-17H2,1-2H3,(H,24,27). The molecule has 5 nitrogen and oxygen atoms in total. The van der Waals surface area contributed by atoms with Crippen LogP contribution in [0.4, 0.5) is 0 Å². The highest BCUT2D eigenvalue weighted by molar-refractivity contribution is 7.99. The third kappa shape index (κ3) is 6.00. The molecule has 0 fully saturated rings. The van der Waals surface area contributed by atoms with Gasteiger partial charge < -0.3 is 14.6 Å². The fourth-order valence-electron chi connectivity index (χ4n) is 3.20. The zero-order valence-electron chi connectivity index (χ0n) is 17.2. The van der Waals surface area contributed by atoms with E-state index in [1.54, 1.807) is 7.11 Å². The number of hydrogen-bond acceptors (Lipinski definition) is 4. The Kier molecular flexibility index (Phi) is 7.99. The molecule has 0 atom stereocenters. The number of nitrogens with one attached hydrogen (secondary N) is 1. The summed E-state index contributed by atoms with van der Waals surface area (Å²) in [5.41, 5.74) is 3.18. The van der Waals surface area contributed by atoms with Crippen LogP contribution in [0, 0.1) is 0 Å². The van der Waals surface area contributed by atoms with Gasteiger partial charge in [0, 0.05) is 13.1 Å². The van der Waals surface area contributed by atoms with Crippen molar-refractivity contribution in [1.82, 2.24) is 14.9 Å². The Morgan fingerprint density at radius 2 is 1.90 bits per heavy atom. The first-order valence-electron chi connectivity index (χ1n) is 10.2. The predicted octanol–water partition coefficient (Wildman–Crippen LogP) is 5.03. The Balaban J connectivity index is 1.57. The van der Waals surface area contributed by atoms with E-state index in [-0.39, 0.29) is 5.91 Å². The van der Waals surface area contributed by atoms with E-state index in [2.05, 4.69) is 22.9 Å². The summed E-state index contributed by atoms with van der Waals surface area (Å²) in [5.74, 6) is 1.18. The third-order valence-electron chi connectivity index (χ3n) is 4.84. The number of benzene rings is 2. The molecule has 1 amide bonds. The number of carbonyl (C=O) groups excluding carboxylic acids is 1. The maximum absolute atomic E-state index is 12.3. The minimum atomic E-state index is 0.00964. The van der Waals surface area contributed by atoms with E-state index in [1.807, 2.05) is 42.5 Å². The lowest BCUT2D eigenvalue weighted by Crippen LogP contribution is -2.24. The van der Waals surface area contributed by atoms with Crippen LogP contribution < -0.4 is 10.1 Å². The number of hydrogen-bond donors (Lipinski definition) is 1. The van der Waals surface area contributed by atoms with Crippen LogP contribution in [0.15, 0.2) is 53.7 Å². The van der Waals surface area contributed by atoms with Gasteiger partial charge in [0.05, 0.1) is 23.9 Å². The largest absolute Gasteiger partial charge is 0.497 e. The summed E-state index contributed by atoms with van der Waals surface area (Å²) in [7, 11) is 1.64. The lowest BCUT2D eigenvalue weighted by atomic mass is 10.2. The number of nitrogens with zero attached hydrogens (tertiary/aromatic N) is 2. The highest BCUT2D eigenvalue weighted by Gasteiger charge is 2.12. The van der Waals surface area contributed by atoms with Crippen LogP contribution in [-0.4, -0.2) is 28.3 Å². The van der Waals surface area contributed by atoms with Crippen molar-refractivity contribution in [2.45, 2.75) is 50.9 Å². The van der Waals surface area contributed by atoms with Crippen molar-refractivity contribution in [2.75, 3.05) is 12.9 Å². The molecule has 0 aliphatic rings. The Morgan fingerprint density at radius 3 is 2.66 bits per heavy atom. The van der Waals surface area contributed by atoms with Gasteiger partial charge in [-0.1, -0.05) is 62.2 Å². The normalized spacial score (nSPS) is 11.0. The van der Waals surface area contributed by atoms with Crippen molar-refractivity contribution in [1.29, 1.82) is 0 Å². The molecule has 0 spiro atoms. The van der Waals surface area contributed by atoms with Gasteiger partial charge in [-0.15, -0.1) is 0 Å². The molecule has 1 N–H and O–H groups in total. The van der Waals surface area contributed by atoms with E-state index in [0.717, 1.165) is 40.5 Å². The molecule has 0 saturated heterocycles. The van der Waals surface area contributed by atoms with Crippen LogP contribution in [-0.2, 0) is 17.9 Å². The van der Waals surface area contributed by atoms with Gasteiger partial charge in [0.25, 0.3) is 0 Å². The highest BCUT2D eigenvalue weighted by atomic mass is 32.2. The van der Waals surface area contributed by atoms with E-state index < -0.39 is 0 Å². The van der Waals surface area contributed by atoms with Gasteiger partial charge in [-0.2, -0.15) is 0 Å². The van der Waals surface area contributed by atoms with E-state index in [4.69, 9.17) is 9.72 Å². The van der Waals surface area contributed by atoms with Crippen LogP contribution in [0.3, 0.4) is 0 Å². The lowest BCUT2D eigenvalue weighted by Gasteiger charge is -2.09. The van der Waals surface area contributed by atoms with E-state index in [1.165, 1.54) is 31.0 Å². The van der Waals surface area contributed by atoms with Gasteiger partial charge in [0.2, 0.25) is 5.91 Å². The summed E-state index contributed by atoms with van der Waals surface area (Å²) in [5, 5.41) is 3.90. The molecular weight excluding hydrogens is 382 g/mol. The molecule has 1 heterocycles. The number of carbonyl (C=O) groups is 1. The maximum Gasteiger partial charge on any atom is 0.230 e. The predicted molar refractivity (Wildman–Crippen MR) is 119 cm³/mol. The number of ether oxygens (including phenoxy) is 1. The van der Waals surface area contributed by atoms with Gasteiger partial charge in [0.15, 0.2) is 5.16 Å². The van der Waals surface area contributed by atoms with Crippen LogP contribution >= 0.6 is 11.8 Å².